The standard InChI is InChI=1S/C22H32N2O5/c1-4-29-22(26)16-7-5-12-24(14-16)21(25)15-23-11-6-8-19(23)18-10-9-17(27-2)13-20(18)28-3/h9-10,13,16,19H,4-8,11-12,14-15H2,1-3H3/t16-,19-/m0/s1. The van der Waals surface area contributed by atoms with Crippen LogP contribution in [0.5, 0.6) is 11.5 Å². The summed E-state index contributed by atoms with van der Waals surface area (Å²) >= 11 is 0. The van der Waals surface area contributed by atoms with Crippen LogP contribution in [0.3, 0.4) is 0 Å². The molecule has 160 valence electrons. The summed E-state index contributed by atoms with van der Waals surface area (Å²) in [6.45, 7) is 4.59. The van der Waals surface area contributed by atoms with Crippen LogP contribution in [0.2, 0.25) is 0 Å². The Morgan fingerprint density at radius 1 is 1.10 bits per heavy atom. The van der Waals surface area contributed by atoms with Crippen LogP contribution >= 0.6 is 0 Å². The van der Waals surface area contributed by atoms with E-state index in [0.29, 0.717) is 26.2 Å². The summed E-state index contributed by atoms with van der Waals surface area (Å²) in [5.41, 5.74) is 1.08. The fourth-order valence-corrected chi connectivity index (χ4v) is 4.39. The number of carbonyl (C=O) groups excluding carboxylic acids is 2. The zero-order valence-corrected chi connectivity index (χ0v) is 17.7. The first-order valence-electron chi connectivity index (χ1n) is 10.5. The fraction of sp³-hybridized carbons (Fsp3) is 0.636. The van der Waals surface area contributed by atoms with Crippen LogP contribution in [0.15, 0.2) is 18.2 Å². The number of amides is 1. The summed E-state index contributed by atoms with van der Waals surface area (Å²) in [4.78, 5) is 29.1. The lowest BCUT2D eigenvalue weighted by atomic mass is 9.98. The molecule has 0 saturated carbocycles. The lowest BCUT2D eigenvalue weighted by molar-refractivity contribution is -0.151. The minimum absolute atomic E-state index is 0.0818. The molecule has 2 aliphatic heterocycles. The Bertz CT molecular complexity index is 723. The fourth-order valence-electron chi connectivity index (χ4n) is 4.39. The highest BCUT2D eigenvalue weighted by Gasteiger charge is 2.33. The van der Waals surface area contributed by atoms with Crippen molar-refractivity contribution in [3.8, 4) is 11.5 Å². The number of benzene rings is 1. The third-order valence-corrected chi connectivity index (χ3v) is 5.90. The molecule has 0 radical (unpaired) electrons. The molecule has 2 saturated heterocycles. The molecule has 0 aliphatic carbocycles. The third kappa shape index (κ3) is 5.01. The Labute approximate surface area is 172 Å². The molecule has 0 spiro atoms. The van der Waals surface area contributed by atoms with Crippen molar-refractivity contribution in [1.82, 2.24) is 9.80 Å². The molecule has 3 rings (SSSR count). The number of carbonyl (C=O) groups is 2. The van der Waals surface area contributed by atoms with Crippen LogP contribution in [-0.2, 0) is 14.3 Å². The van der Waals surface area contributed by atoms with Gasteiger partial charge >= 0.3 is 5.97 Å². The number of hydrogen-bond acceptors (Lipinski definition) is 6. The molecule has 2 fully saturated rings. The van der Waals surface area contributed by atoms with E-state index >= 15 is 0 Å². The van der Waals surface area contributed by atoms with E-state index in [2.05, 4.69) is 4.90 Å². The number of piperidine rings is 1. The SMILES string of the molecule is CCOC(=O)[C@H]1CCCN(C(=O)CN2CCC[C@H]2c2ccc(OC)cc2OC)C1. The maximum absolute atomic E-state index is 13.0. The van der Waals surface area contributed by atoms with Gasteiger partial charge in [-0.1, -0.05) is 6.07 Å². The summed E-state index contributed by atoms with van der Waals surface area (Å²) in [6.07, 6.45) is 3.66. The van der Waals surface area contributed by atoms with Crippen LogP contribution < -0.4 is 9.47 Å². The van der Waals surface area contributed by atoms with Crippen molar-refractivity contribution in [2.75, 3.05) is 47.0 Å². The number of rotatable bonds is 7. The molecule has 29 heavy (non-hydrogen) atoms. The molecule has 7 heteroatoms. The second-order valence-corrected chi connectivity index (χ2v) is 7.67. The summed E-state index contributed by atoms with van der Waals surface area (Å²) in [5.74, 6) is 1.23. The maximum atomic E-state index is 13.0. The van der Waals surface area contributed by atoms with Gasteiger partial charge in [0.25, 0.3) is 0 Å². The molecule has 1 amide bonds. The molecular weight excluding hydrogens is 372 g/mol. The van der Waals surface area contributed by atoms with Crippen LogP contribution in [0.25, 0.3) is 0 Å². The van der Waals surface area contributed by atoms with E-state index in [9.17, 15) is 9.59 Å². The summed E-state index contributed by atoms with van der Waals surface area (Å²) < 4.78 is 16.0. The Morgan fingerprint density at radius 2 is 1.90 bits per heavy atom. The van der Waals surface area contributed by atoms with Gasteiger partial charge in [-0.2, -0.15) is 0 Å². The number of hydrogen-bond donors (Lipinski definition) is 0. The zero-order valence-electron chi connectivity index (χ0n) is 17.7. The number of esters is 1. The molecule has 2 aliphatic rings. The van der Waals surface area contributed by atoms with Gasteiger partial charge in [0.15, 0.2) is 0 Å². The average Bonchev–Trinajstić information content (AvgIpc) is 3.21. The first-order valence-corrected chi connectivity index (χ1v) is 10.5. The van der Waals surface area contributed by atoms with Gasteiger partial charge in [-0.05, 0) is 45.2 Å². The van der Waals surface area contributed by atoms with E-state index in [1.54, 1.807) is 14.2 Å². The highest BCUT2D eigenvalue weighted by molar-refractivity contribution is 5.80. The molecule has 2 heterocycles. The van der Waals surface area contributed by atoms with Crippen molar-refractivity contribution < 1.29 is 23.8 Å². The highest BCUT2D eigenvalue weighted by atomic mass is 16.5. The summed E-state index contributed by atoms with van der Waals surface area (Å²) in [5, 5.41) is 0. The molecule has 1 aromatic carbocycles. The number of nitrogens with zero attached hydrogens (tertiary/aromatic N) is 2. The normalized spacial score (nSPS) is 22.4. The van der Waals surface area contributed by atoms with Gasteiger partial charge in [0.2, 0.25) is 5.91 Å². The summed E-state index contributed by atoms with van der Waals surface area (Å²) in [7, 11) is 3.29. The molecular formula is C22H32N2O5. The Balaban J connectivity index is 1.66. The maximum Gasteiger partial charge on any atom is 0.310 e. The molecule has 0 unspecified atom stereocenters. The van der Waals surface area contributed by atoms with Crippen LogP contribution in [0.1, 0.15) is 44.2 Å². The van der Waals surface area contributed by atoms with Gasteiger partial charge in [-0.25, -0.2) is 0 Å². The van der Waals surface area contributed by atoms with Crippen molar-refractivity contribution in [3.05, 3.63) is 23.8 Å². The van der Waals surface area contributed by atoms with Crippen molar-refractivity contribution in [2.24, 2.45) is 5.92 Å². The first-order chi connectivity index (χ1) is 14.1. The first kappa shape index (κ1) is 21.4. The summed E-state index contributed by atoms with van der Waals surface area (Å²) in [6, 6.07) is 6.00. The van der Waals surface area contributed by atoms with Gasteiger partial charge in [-0.3, -0.25) is 14.5 Å². The van der Waals surface area contributed by atoms with Gasteiger partial charge < -0.3 is 19.1 Å². The van der Waals surface area contributed by atoms with Crippen molar-refractivity contribution in [1.29, 1.82) is 0 Å². The minimum atomic E-state index is -0.205. The Morgan fingerprint density at radius 3 is 2.62 bits per heavy atom. The quantitative estimate of drug-likeness (QED) is 0.651. The van der Waals surface area contributed by atoms with Crippen LogP contribution in [0.4, 0.5) is 0 Å². The second kappa shape index (κ2) is 9.96. The largest absolute Gasteiger partial charge is 0.497 e. The lowest BCUT2D eigenvalue weighted by Crippen LogP contribution is -2.46. The smallest absolute Gasteiger partial charge is 0.310 e. The highest BCUT2D eigenvalue weighted by Crippen LogP contribution is 2.38. The van der Waals surface area contributed by atoms with Crippen molar-refractivity contribution >= 4 is 11.9 Å². The monoisotopic (exact) mass is 404 g/mol. The topological polar surface area (TPSA) is 68.3 Å². The van der Waals surface area contributed by atoms with Crippen molar-refractivity contribution in [3.63, 3.8) is 0 Å². The molecule has 1 aromatic rings. The van der Waals surface area contributed by atoms with Gasteiger partial charge in [-0.15, -0.1) is 0 Å². The molecule has 2 atom stereocenters. The van der Waals surface area contributed by atoms with Crippen LogP contribution in [0, 0.1) is 5.92 Å². The molecule has 0 bridgehead atoms. The van der Waals surface area contributed by atoms with Gasteiger partial charge in [0.05, 0.1) is 33.3 Å². The van der Waals surface area contributed by atoms with E-state index in [4.69, 9.17) is 14.2 Å². The number of likely N-dealkylation sites (tertiary alicyclic amines) is 2. The zero-order chi connectivity index (χ0) is 20.8. The van der Waals surface area contributed by atoms with Crippen LogP contribution in [-0.4, -0.2) is 68.7 Å². The van der Waals surface area contributed by atoms with E-state index < -0.39 is 0 Å². The average molecular weight is 405 g/mol. The molecule has 0 N–H and O–H groups in total. The predicted octanol–water partition coefficient (Wildman–Crippen LogP) is 2.64. The lowest BCUT2D eigenvalue weighted by Gasteiger charge is -2.34. The molecule has 7 nitrogen and oxygen atoms in total. The minimum Gasteiger partial charge on any atom is -0.497 e. The van der Waals surface area contributed by atoms with E-state index in [0.717, 1.165) is 49.3 Å². The number of ether oxygens (including phenoxy) is 3. The number of methoxy groups -OCH3 is 2. The van der Waals surface area contributed by atoms with E-state index in [1.165, 1.54) is 0 Å². The third-order valence-electron chi connectivity index (χ3n) is 5.90. The van der Waals surface area contributed by atoms with Crippen molar-refractivity contribution in [2.45, 2.75) is 38.6 Å². The van der Waals surface area contributed by atoms with E-state index in [-0.39, 0.29) is 23.8 Å². The molecule has 0 aromatic heterocycles. The van der Waals surface area contributed by atoms with Gasteiger partial charge in [0, 0.05) is 30.8 Å². The van der Waals surface area contributed by atoms with E-state index in [1.807, 2.05) is 30.0 Å². The van der Waals surface area contributed by atoms with Gasteiger partial charge in [0.1, 0.15) is 11.5 Å². The predicted molar refractivity (Wildman–Crippen MR) is 109 cm³/mol. The second-order valence-electron chi connectivity index (χ2n) is 7.67. The Hall–Kier alpha value is -2.28. The Kier molecular flexibility index (Phi) is 7.36.